The van der Waals surface area contributed by atoms with Gasteiger partial charge in [0, 0.05) is 25.8 Å². The Labute approximate surface area is 151 Å². The number of nitrogens with one attached hydrogen (secondary N) is 3. The lowest BCUT2D eigenvalue weighted by Crippen LogP contribution is -2.45. The molecule has 3 N–H and O–H groups in total. The predicted octanol–water partition coefficient (Wildman–Crippen LogP) is 2.26. The zero-order valence-electron chi connectivity index (χ0n) is 14.5. The number of H-pyrrole nitrogens is 1. The molecule has 1 aromatic carbocycles. The summed E-state index contributed by atoms with van der Waals surface area (Å²) < 4.78 is 2.34. The quantitative estimate of drug-likeness (QED) is 0.562. The number of amides is 2. The van der Waals surface area contributed by atoms with Gasteiger partial charge in [-0.15, -0.1) is 0 Å². The van der Waals surface area contributed by atoms with Crippen LogP contribution in [0.3, 0.4) is 0 Å². The van der Waals surface area contributed by atoms with Crippen molar-refractivity contribution in [3.63, 3.8) is 0 Å². The SMILES string of the molecule is Cc1n[nH]c(=S)n1-c1cccc(NC(=O)NCN(C)N2CCCC2)c1. The minimum absolute atomic E-state index is 0.240. The average Bonchev–Trinajstić information content (AvgIpc) is 3.23. The van der Waals surface area contributed by atoms with E-state index in [0.717, 1.165) is 24.6 Å². The molecule has 1 saturated heterocycles. The number of aryl methyl sites for hydroxylation is 1. The van der Waals surface area contributed by atoms with Gasteiger partial charge in [-0.2, -0.15) is 5.10 Å². The highest BCUT2D eigenvalue weighted by Crippen LogP contribution is 2.16. The van der Waals surface area contributed by atoms with Crippen molar-refractivity contribution in [2.75, 3.05) is 32.1 Å². The first-order valence-electron chi connectivity index (χ1n) is 8.30. The van der Waals surface area contributed by atoms with Crippen LogP contribution in [0.4, 0.5) is 10.5 Å². The van der Waals surface area contributed by atoms with Crippen LogP contribution in [0.25, 0.3) is 5.69 Å². The van der Waals surface area contributed by atoms with E-state index in [1.165, 1.54) is 12.8 Å². The third-order valence-electron chi connectivity index (χ3n) is 4.24. The Morgan fingerprint density at radius 2 is 2.16 bits per heavy atom. The third kappa shape index (κ3) is 4.25. The van der Waals surface area contributed by atoms with E-state index >= 15 is 0 Å². The number of aromatic nitrogens is 3. The molecule has 8 nitrogen and oxygen atoms in total. The van der Waals surface area contributed by atoms with Crippen molar-refractivity contribution in [1.29, 1.82) is 0 Å². The first-order valence-corrected chi connectivity index (χ1v) is 8.71. The molecule has 0 spiro atoms. The Hall–Kier alpha value is -2.23. The van der Waals surface area contributed by atoms with Gasteiger partial charge in [0.25, 0.3) is 0 Å². The van der Waals surface area contributed by atoms with Crippen LogP contribution in [0.15, 0.2) is 24.3 Å². The van der Waals surface area contributed by atoms with Gasteiger partial charge in [0.05, 0.1) is 12.4 Å². The van der Waals surface area contributed by atoms with E-state index < -0.39 is 0 Å². The second kappa shape index (κ2) is 7.77. The summed E-state index contributed by atoms with van der Waals surface area (Å²) in [6, 6.07) is 7.25. The number of rotatable bonds is 5. The van der Waals surface area contributed by atoms with Crippen molar-refractivity contribution < 1.29 is 4.79 Å². The first-order chi connectivity index (χ1) is 12.0. The van der Waals surface area contributed by atoms with Gasteiger partial charge in [-0.1, -0.05) is 6.07 Å². The normalized spacial score (nSPS) is 14.8. The van der Waals surface area contributed by atoms with Gasteiger partial charge < -0.3 is 10.6 Å². The van der Waals surface area contributed by atoms with Crippen molar-refractivity contribution in [3.05, 3.63) is 34.9 Å². The van der Waals surface area contributed by atoms with E-state index in [1.807, 2.05) is 47.8 Å². The number of urea groups is 1. The summed E-state index contributed by atoms with van der Waals surface area (Å²) in [6.07, 6.45) is 2.42. The minimum Gasteiger partial charge on any atom is -0.324 e. The fourth-order valence-corrected chi connectivity index (χ4v) is 3.19. The lowest BCUT2D eigenvalue weighted by atomic mass is 10.2. The van der Waals surface area contributed by atoms with Crippen LogP contribution < -0.4 is 10.6 Å². The molecule has 0 aliphatic carbocycles. The molecule has 1 aliphatic heterocycles. The molecule has 0 radical (unpaired) electrons. The number of carbonyl (C=O) groups is 1. The number of benzene rings is 1. The lowest BCUT2D eigenvalue weighted by molar-refractivity contribution is 0.0204. The number of hydrogen-bond donors (Lipinski definition) is 3. The maximum absolute atomic E-state index is 12.2. The third-order valence-corrected chi connectivity index (χ3v) is 4.51. The van der Waals surface area contributed by atoms with Crippen molar-refractivity contribution in [1.82, 2.24) is 30.1 Å². The molecule has 0 bridgehead atoms. The molecule has 2 heterocycles. The predicted molar refractivity (Wildman–Crippen MR) is 99.1 cm³/mol. The van der Waals surface area contributed by atoms with Gasteiger partial charge in [0.2, 0.25) is 0 Å². The first kappa shape index (κ1) is 17.6. The van der Waals surface area contributed by atoms with Crippen LogP contribution in [0.2, 0.25) is 0 Å². The summed E-state index contributed by atoms with van der Waals surface area (Å²) in [5, 5.41) is 16.9. The van der Waals surface area contributed by atoms with Gasteiger partial charge in [-0.05, 0) is 50.2 Å². The second-order valence-corrected chi connectivity index (χ2v) is 6.46. The van der Waals surface area contributed by atoms with Gasteiger partial charge >= 0.3 is 6.03 Å². The highest BCUT2D eigenvalue weighted by atomic mass is 32.1. The zero-order chi connectivity index (χ0) is 17.8. The van der Waals surface area contributed by atoms with E-state index in [4.69, 9.17) is 12.2 Å². The fraction of sp³-hybridized carbons (Fsp3) is 0.438. The second-order valence-electron chi connectivity index (χ2n) is 6.07. The molecule has 0 saturated carbocycles. The summed E-state index contributed by atoms with van der Waals surface area (Å²) in [5.74, 6) is 0.763. The fourth-order valence-electron chi connectivity index (χ4n) is 2.91. The van der Waals surface area contributed by atoms with Gasteiger partial charge in [-0.3, -0.25) is 9.67 Å². The smallest absolute Gasteiger partial charge is 0.320 e. The molecule has 1 aromatic heterocycles. The maximum atomic E-state index is 12.2. The summed E-state index contributed by atoms with van der Waals surface area (Å²) in [7, 11) is 1.98. The molecular formula is C16H23N7OS. The Bertz CT molecular complexity index is 794. The van der Waals surface area contributed by atoms with Gasteiger partial charge in [-0.25, -0.2) is 14.8 Å². The number of carbonyl (C=O) groups excluding carboxylic acids is 1. The summed E-state index contributed by atoms with van der Waals surface area (Å²) in [4.78, 5) is 12.2. The molecule has 2 amide bonds. The molecule has 1 fully saturated rings. The molecule has 0 unspecified atom stereocenters. The number of hydrogen-bond acceptors (Lipinski definition) is 5. The topological polar surface area (TPSA) is 81.2 Å². The lowest BCUT2D eigenvalue weighted by Gasteiger charge is -2.27. The molecule has 1 aliphatic rings. The van der Waals surface area contributed by atoms with Crippen molar-refractivity contribution in [2.45, 2.75) is 19.8 Å². The number of anilines is 1. The van der Waals surface area contributed by atoms with E-state index in [1.54, 1.807) is 0 Å². The summed E-state index contributed by atoms with van der Waals surface area (Å²) >= 11 is 5.24. The Kier molecular flexibility index (Phi) is 5.47. The largest absolute Gasteiger partial charge is 0.324 e. The van der Waals surface area contributed by atoms with Crippen molar-refractivity contribution >= 4 is 23.9 Å². The maximum Gasteiger partial charge on any atom is 0.320 e. The van der Waals surface area contributed by atoms with Crippen molar-refractivity contribution in [2.24, 2.45) is 0 Å². The standard InChI is InChI=1S/C16H23N7OS/c1-12-19-20-16(25)23(12)14-7-5-6-13(10-14)18-15(24)17-11-21(2)22-8-3-4-9-22/h5-7,10H,3-4,8-9,11H2,1-2H3,(H,20,25)(H2,17,18,24). The summed E-state index contributed by atoms with van der Waals surface area (Å²) in [6.45, 7) is 4.43. The molecule has 3 rings (SSSR count). The highest BCUT2D eigenvalue weighted by molar-refractivity contribution is 7.71. The molecular weight excluding hydrogens is 338 g/mol. The number of hydrazine groups is 1. The van der Waals surface area contributed by atoms with E-state index in [9.17, 15) is 4.79 Å². The average molecular weight is 361 g/mol. The zero-order valence-corrected chi connectivity index (χ0v) is 15.3. The molecule has 0 atom stereocenters. The highest BCUT2D eigenvalue weighted by Gasteiger charge is 2.16. The Balaban J connectivity index is 1.60. The minimum atomic E-state index is -0.240. The van der Waals surface area contributed by atoms with Crippen LogP contribution in [0, 0.1) is 11.7 Å². The summed E-state index contributed by atoms with van der Waals surface area (Å²) in [5.41, 5.74) is 1.55. The van der Waals surface area contributed by atoms with Gasteiger partial charge in [0.15, 0.2) is 4.77 Å². The van der Waals surface area contributed by atoms with Crippen LogP contribution in [-0.2, 0) is 0 Å². The van der Waals surface area contributed by atoms with Crippen molar-refractivity contribution in [3.8, 4) is 5.69 Å². The van der Waals surface area contributed by atoms with Crippen LogP contribution >= 0.6 is 12.2 Å². The van der Waals surface area contributed by atoms with Crippen LogP contribution in [0.1, 0.15) is 18.7 Å². The van der Waals surface area contributed by atoms with Crippen LogP contribution in [0.5, 0.6) is 0 Å². The van der Waals surface area contributed by atoms with E-state index in [-0.39, 0.29) is 6.03 Å². The molecule has 9 heteroatoms. The molecule has 2 aromatic rings. The Morgan fingerprint density at radius 3 is 2.84 bits per heavy atom. The van der Waals surface area contributed by atoms with E-state index in [2.05, 4.69) is 25.8 Å². The number of aromatic amines is 1. The molecule has 25 heavy (non-hydrogen) atoms. The van der Waals surface area contributed by atoms with Gasteiger partial charge in [0.1, 0.15) is 5.82 Å². The van der Waals surface area contributed by atoms with Crippen LogP contribution in [-0.4, -0.2) is 57.6 Å². The monoisotopic (exact) mass is 361 g/mol. The Morgan fingerprint density at radius 1 is 1.40 bits per heavy atom. The molecule has 134 valence electrons. The van der Waals surface area contributed by atoms with E-state index in [0.29, 0.717) is 17.1 Å². The number of nitrogens with zero attached hydrogens (tertiary/aromatic N) is 4.